The van der Waals surface area contributed by atoms with Crippen molar-refractivity contribution in [2.45, 2.75) is 0 Å². The molecule has 0 aliphatic carbocycles. The number of nitrogens with one attached hydrogen (secondary N) is 1. The molecule has 1 aliphatic rings. The first-order chi connectivity index (χ1) is 13.7. The van der Waals surface area contributed by atoms with Crippen molar-refractivity contribution in [1.82, 2.24) is 15.1 Å². The van der Waals surface area contributed by atoms with Crippen LogP contribution >= 0.6 is 0 Å². The second kappa shape index (κ2) is 9.75. The fourth-order valence-electron chi connectivity index (χ4n) is 3.01. The molecule has 0 atom stereocenters. The Kier molecular flexibility index (Phi) is 6.86. The average molecular weight is 383 g/mol. The Morgan fingerprint density at radius 1 is 1.14 bits per heavy atom. The lowest BCUT2D eigenvalue weighted by molar-refractivity contribution is -0.127. The largest absolute Gasteiger partial charge is 0.497 e. The van der Waals surface area contributed by atoms with E-state index in [-0.39, 0.29) is 11.8 Å². The van der Waals surface area contributed by atoms with Gasteiger partial charge in [-0.15, -0.1) is 0 Å². The van der Waals surface area contributed by atoms with Crippen LogP contribution in [0.5, 0.6) is 5.75 Å². The van der Waals surface area contributed by atoms with E-state index < -0.39 is 0 Å². The second-order valence-corrected chi connectivity index (χ2v) is 6.50. The summed E-state index contributed by atoms with van der Waals surface area (Å²) in [6.07, 6.45) is 4.81. The molecule has 1 fully saturated rings. The van der Waals surface area contributed by atoms with E-state index in [1.807, 2.05) is 11.0 Å². The molecule has 1 saturated heterocycles. The summed E-state index contributed by atoms with van der Waals surface area (Å²) < 4.78 is 10.3. The van der Waals surface area contributed by atoms with Crippen molar-refractivity contribution < 1.29 is 18.7 Å². The van der Waals surface area contributed by atoms with Crippen LogP contribution in [-0.2, 0) is 4.79 Å². The van der Waals surface area contributed by atoms with Crippen LogP contribution in [0, 0.1) is 0 Å². The molecule has 0 spiro atoms. The van der Waals surface area contributed by atoms with Gasteiger partial charge in [0.2, 0.25) is 5.91 Å². The van der Waals surface area contributed by atoms with Crippen molar-refractivity contribution in [2.24, 2.45) is 0 Å². The van der Waals surface area contributed by atoms with Gasteiger partial charge >= 0.3 is 0 Å². The number of benzene rings is 1. The third-order valence-electron chi connectivity index (χ3n) is 4.68. The van der Waals surface area contributed by atoms with Crippen LogP contribution in [0.25, 0.3) is 6.08 Å². The molecule has 1 aromatic carbocycles. The van der Waals surface area contributed by atoms with Gasteiger partial charge in [0.1, 0.15) is 11.5 Å². The van der Waals surface area contributed by atoms with Gasteiger partial charge in [-0.05, 0) is 42.5 Å². The zero-order valence-electron chi connectivity index (χ0n) is 16.0. The summed E-state index contributed by atoms with van der Waals surface area (Å²) in [6.45, 7) is 4.25. The summed E-state index contributed by atoms with van der Waals surface area (Å²) in [5.74, 6) is 1.28. The van der Waals surface area contributed by atoms with Crippen molar-refractivity contribution >= 4 is 17.9 Å². The molecule has 7 heteroatoms. The number of amides is 2. The Hall–Kier alpha value is -3.06. The number of rotatable bonds is 7. The van der Waals surface area contributed by atoms with Crippen molar-refractivity contribution in [3.05, 3.63) is 60.1 Å². The maximum Gasteiger partial charge on any atom is 0.251 e. The van der Waals surface area contributed by atoms with Gasteiger partial charge in [0.15, 0.2) is 0 Å². The third-order valence-corrected chi connectivity index (χ3v) is 4.68. The highest BCUT2D eigenvalue weighted by Crippen LogP contribution is 2.11. The first kappa shape index (κ1) is 19.7. The summed E-state index contributed by atoms with van der Waals surface area (Å²) in [7, 11) is 1.60. The molecule has 1 aromatic heterocycles. The number of nitrogens with zero attached hydrogens (tertiary/aromatic N) is 2. The van der Waals surface area contributed by atoms with Crippen molar-refractivity contribution in [3.8, 4) is 5.75 Å². The van der Waals surface area contributed by atoms with E-state index in [1.165, 1.54) is 0 Å². The first-order valence-electron chi connectivity index (χ1n) is 9.31. The quantitative estimate of drug-likeness (QED) is 0.739. The summed E-state index contributed by atoms with van der Waals surface area (Å²) in [5, 5.41) is 2.93. The van der Waals surface area contributed by atoms with Gasteiger partial charge in [-0.25, -0.2) is 0 Å². The van der Waals surface area contributed by atoms with Gasteiger partial charge in [0, 0.05) is 50.9 Å². The van der Waals surface area contributed by atoms with E-state index in [2.05, 4.69) is 10.2 Å². The topological polar surface area (TPSA) is 75.0 Å². The highest BCUT2D eigenvalue weighted by molar-refractivity contribution is 5.94. The molecule has 0 bridgehead atoms. The fraction of sp³-hybridized carbons (Fsp3) is 0.333. The summed E-state index contributed by atoms with van der Waals surface area (Å²) >= 11 is 0. The van der Waals surface area contributed by atoms with Crippen LogP contribution in [-0.4, -0.2) is 68.0 Å². The molecule has 2 aromatic rings. The monoisotopic (exact) mass is 383 g/mol. The average Bonchev–Trinajstić information content (AvgIpc) is 3.26. The lowest BCUT2D eigenvalue weighted by Gasteiger charge is -2.34. The van der Waals surface area contributed by atoms with Gasteiger partial charge in [0.05, 0.1) is 13.4 Å². The number of hydrogen-bond donors (Lipinski definition) is 1. The number of methoxy groups -OCH3 is 1. The number of furan rings is 1. The van der Waals surface area contributed by atoms with Crippen molar-refractivity contribution in [2.75, 3.05) is 46.4 Å². The van der Waals surface area contributed by atoms with Gasteiger partial charge in [0.25, 0.3) is 5.91 Å². The van der Waals surface area contributed by atoms with Gasteiger partial charge in [-0.1, -0.05) is 0 Å². The molecule has 28 heavy (non-hydrogen) atoms. The Labute approximate surface area is 164 Å². The van der Waals surface area contributed by atoms with Crippen LogP contribution < -0.4 is 10.1 Å². The van der Waals surface area contributed by atoms with E-state index >= 15 is 0 Å². The van der Waals surface area contributed by atoms with Crippen molar-refractivity contribution in [1.29, 1.82) is 0 Å². The molecule has 148 valence electrons. The molecule has 0 unspecified atom stereocenters. The van der Waals surface area contributed by atoms with Crippen LogP contribution in [0.4, 0.5) is 0 Å². The smallest absolute Gasteiger partial charge is 0.251 e. The third kappa shape index (κ3) is 5.47. The van der Waals surface area contributed by atoms with Gasteiger partial charge < -0.3 is 19.4 Å². The Morgan fingerprint density at radius 3 is 2.54 bits per heavy atom. The van der Waals surface area contributed by atoms with Crippen molar-refractivity contribution in [3.63, 3.8) is 0 Å². The van der Waals surface area contributed by atoms with Gasteiger partial charge in [-0.3, -0.25) is 14.5 Å². The molecule has 2 heterocycles. The zero-order valence-corrected chi connectivity index (χ0v) is 16.0. The van der Waals surface area contributed by atoms with Gasteiger partial charge in [-0.2, -0.15) is 0 Å². The summed E-state index contributed by atoms with van der Waals surface area (Å²) in [5.41, 5.74) is 0.611. The zero-order chi connectivity index (χ0) is 19.8. The molecule has 1 aliphatic heterocycles. The van der Waals surface area contributed by atoms with Crippen LogP contribution in [0.15, 0.2) is 53.2 Å². The van der Waals surface area contributed by atoms with Crippen LogP contribution in [0.1, 0.15) is 16.1 Å². The first-order valence-corrected chi connectivity index (χ1v) is 9.31. The summed E-state index contributed by atoms with van der Waals surface area (Å²) in [4.78, 5) is 28.4. The molecular weight excluding hydrogens is 358 g/mol. The molecular formula is C21H25N3O4. The van der Waals surface area contributed by atoms with E-state index in [1.54, 1.807) is 55.9 Å². The lowest BCUT2D eigenvalue weighted by Crippen LogP contribution is -2.49. The Balaban J connectivity index is 1.36. The fourth-order valence-corrected chi connectivity index (χ4v) is 3.01. The Morgan fingerprint density at radius 2 is 1.89 bits per heavy atom. The maximum atomic E-state index is 12.2. The highest BCUT2D eigenvalue weighted by Gasteiger charge is 2.19. The van der Waals surface area contributed by atoms with E-state index in [0.717, 1.165) is 25.4 Å². The van der Waals surface area contributed by atoms with E-state index in [0.29, 0.717) is 31.0 Å². The molecule has 3 rings (SSSR count). The molecule has 0 radical (unpaired) electrons. The number of hydrogen-bond acceptors (Lipinski definition) is 5. The molecule has 0 saturated carbocycles. The standard InChI is InChI=1S/C21H25N3O4/c1-27-18-6-4-17(5-7-18)21(26)22-10-11-23-12-14-24(15-13-23)20(25)9-8-19-3-2-16-28-19/h2-9,16H,10-15H2,1H3,(H,22,26)/b9-8+. The second-order valence-electron chi connectivity index (χ2n) is 6.50. The minimum atomic E-state index is -0.0977. The van der Waals surface area contributed by atoms with Crippen LogP contribution in [0.2, 0.25) is 0 Å². The number of carbonyl (C=O) groups excluding carboxylic acids is 2. The molecule has 1 N–H and O–H groups in total. The predicted molar refractivity (Wildman–Crippen MR) is 106 cm³/mol. The number of piperazine rings is 1. The maximum absolute atomic E-state index is 12.2. The number of carbonyl (C=O) groups is 2. The van der Waals surface area contributed by atoms with Crippen LogP contribution in [0.3, 0.4) is 0 Å². The van der Waals surface area contributed by atoms with E-state index in [9.17, 15) is 9.59 Å². The molecule has 7 nitrogen and oxygen atoms in total. The highest BCUT2D eigenvalue weighted by atomic mass is 16.5. The number of ether oxygens (including phenoxy) is 1. The Bertz CT molecular complexity index is 792. The predicted octanol–water partition coefficient (Wildman–Crippen LogP) is 1.88. The molecule has 2 amide bonds. The minimum Gasteiger partial charge on any atom is -0.497 e. The lowest BCUT2D eigenvalue weighted by atomic mass is 10.2. The van der Waals surface area contributed by atoms with E-state index in [4.69, 9.17) is 9.15 Å². The summed E-state index contributed by atoms with van der Waals surface area (Å²) in [6, 6.07) is 10.6. The minimum absolute atomic E-state index is 0.0103. The normalized spacial score (nSPS) is 15.0. The SMILES string of the molecule is COc1ccc(C(=O)NCCN2CCN(C(=O)/C=C/c3ccco3)CC2)cc1.